The molecule has 4 aromatic rings. The van der Waals surface area contributed by atoms with Crippen molar-refractivity contribution in [3.05, 3.63) is 88.2 Å². The second-order valence-corrected chi connectivity index (χ2v) is 8.39. The van der Waals surface area contributed by atoms with Gasteiger partial charge in [0.15, 0.2) is 0 Å². The minimum atomic E-state index is -0.696. The highest BCUT2D eigenvalue weighted by atomic mass is 32.2. The molecule has 6 nitrogen and oxygen atoms in total. The van der Waals surface area contributed by atoms with Crippen LogP contribution in [-0.4, -0.2) is 25.5 Å². The molecule has 1 amide bonds. The third kappa shape index (κ3) is 4.62. The van der Waals surface area contributed by atoms with Gasteiger partial charge in [-0.15, -0.1) is 5.10 Å². The van der Waals surface area contributed by atoms with E-state index in [-0.39, 0.29) is 11.5 Å². The van der Waals surface area contributed by atoms with Crippen LogP contribution in [0, 0.1) is 25.5 Å². The summed E-state index contributed by atoms with van der Waals surface area (Å²) in [6.45, 7) is 5.50. The number of thioether (sulfide) groups is 1. The number of amides is 1. The van der Waals surface area contributed by atoms with Crippen molar-refractivity contribution in [2.75, 3.05) is 0 Å². The summed E-state index contributed by atoms with van der Waals surface area (Å²) < 4.78 is 28.9. The van der Waals surface area contributed by atoms with Gasteiger partial charge in [0.05, 0.1) is 6.04 Å². The summed E-state index contributed by atoms with van der Waals surface area (Å²) in [5.41, 5.74) is 3.30. The van der Waals surface area contributed by atoms with Crippen LogP contribution in [0.4, 0.5) is 8.78 Å². The Morgan fingerprint density at radius 3 is 2.69 bits per heavy atom. The van der Waals surface area contributed by atoms with E-state index in [1.165, 1.54) is 23.9 Å². The molecule has 0 fully saturated rings. The molecule has 0 aliphatic rings. The van der Waals surface area contributed by atoms with Crippen molar-refractivity contribution in [1.82, 2.24) is 24.9 Å². The number of hydrogen-bond donors (Lipinski definition) is 1. The lowest BCUT2D eigenvalue weighted by Gasteiger charge is -2.16. The molecular formula is C23H21F2N5OS. The van der Waals surface area contributed by atoms with Gasteiger partial charge >= 0.3 is 0 Å². The van der Waals surface area contributed by atoms with Crippen molar-refractivity contribution in [3.8, 4) is 0 Å². The van der Waals surface area contributed by atoms with Crippen molar-refractivity contribution in [1.29, 1.82) is 0 Å². The number of rotatable bonds is 6. The van der Waals surface area contributed by atoms with E-state index in [1.807, 2.05) is 32.0 Å². The fourth-order valence-corrected chi connectivity index (χ4v) is 4.25. The first kappa shape index (κ1) is 21.9. The van der Waals surface area contributed by atoms with Crippen LogP contribution in [-0.2, 0) is 5.75 Å². The number of aryl methyl sites for hydroxylation is 2. The second kappa shape index (κ2) is 9.04. The standard InChI is InChI=1S/C23H21F2N5OS/c1-13-10-14(2)30-22(26-13)28-23(29-30)32-12-16-6-4-5-7-19(16)21(31)27-15(3)18-9-8-17(24)11-20(18)25/h4-11,15H,12H2,1-3H3,(H,27,31). The van der Waals surface area contributed by atoms with E-state index in [1.54, 1.807) is 23.6 Å². The van der Waals surface area contributed by atoms with Gasteiger partial charge in [-0.05, 0) is 44.5 Å². The van der Waals surface area contributed by atoms with Gasteiger partial charge in [0, 0.05) is 34.3 Å². The Bertz CT molecular complexity index is 1310. The van der Waals surface area contributed by atoms with E-state index in [0.717, 1.165) is 23.0 Å². The summed E-state index contributed by atoms with van der Waals surface area (Å²) in [7, 11) is 0. The van der Waals surface area contributed by atoms with Crippen LogP contribution in [0.1, 0.15) is 45.8 Å². The topological polar surface area (TPSA) is 72.2 Å². The quantitative estimate of drug-likeness (QED) is 0.425. The van der Waals surface area contributed by atoms with E-state index in [0.29, 0.717) is 22.3 Å². The molecule has 2 aromatic carbocycles. The molecule has 1 atom stereocenters. The SMILES string of the molecule is Cc1cc(C)n2nc(SCc3ccccc3C(=O)NC(C)c3ccc(F)cc3F)nc2n1. The zero-order chi connectivity index (χ0) is 22.8. The van der Waals surface area contributed by atoms with Crippen LogP contribution in [0.15, 0.2) is 53.7 Å². The summed E-state index contributed by atoms with van der Waals surface area (Å²) in [4.78, 5) is 21.7. The molecule has 0 aliphatic heterocycles. The number of nitrogens with zero attached hydrogens (tertiary/aromatic N) is 4. The Hall–Kier alpha value is -3.33. The molecule has 32 heavy (non-hydrogen) atoms. The number of benzene rings is 2. The molecule has 164 valence electrons. The molecule has 0 aliphatic carbocycles. The Labute approximate surface area is 188 Å². The molecule has 0 saturated carbocycles. The maximum absolute atomic E-state index is 14.1. The lowest BCUT2D eigenvalue weighted by molar-refractivity contribution is 0.0938. The van der Waals surface area contributed by atoms with Gasteiger partial charge < -0.3 is 5.32 Å². The van der Waals surface area contributed by atoms with Gasteiger partial charge in [-0.3, -0.25) is 4.79 Å². The van der Waals surface area contributed by atoms with Crippen LogP contribution < -0.4 is 5.32 Å². The maximum Gasteiger partial charge on any atom is 0.253 e. The Morgan fingerprint density at radius 1 is 1.12 bits per heavy atom. The lowest BCUT2D eigenvalue weighted by Crippen LogP contribution is -2.28. The van der Waals surface area contributed by atoms with Crippen LogP contribution in [0.25, 0.3) is 5.78 Å². The third-order valence-electron chi connectivity index (χ3n) is 4.99. The fourth-order valence-electron chi connectivity index (χ4n) is 3.42. The average Bonchev–Trinajstić information content (AvgIpc) is 3.15. The molecule has 1 unspecified atom stereocenters. The maximum atomic E-state index is 14.1. The fraction of sp³-hybridized carbons (Fsp3) is 0.217. The molecule has 0 saturated heterocycles. The highest BCUT2D eigenvalue weighted by Crippen LogP contribution is 2.24. The largest absolute Gasteiger partial charge is 0.345 e. The molecule has 0 bridgehead atoms. The molecule has 4 rings (SSSR count). The number of halogens is 2. The van der Waals surface area contributed by atoms with Crippen molar-refractivity contribution < 1.29 is 13.6 Å². The Balaban J connectivity index is 1.50. The lowest BCUT2D eigenvalue weighted by atomic mass is 10.1. The molecule has 2 heterocycles. The molecular weight excluding hydrogens is 432 g/mol. The number of carbonyl (C=O) groups is 1. The number of nitrogens with one attached hydrogen (secondary N) is 1. The third-order valence-corrected chi connectivity index (χ3v) is 5.88. The van der Waals surface area contributed by atoms with Gasteiger partial charge in [-0.1, -0.05) is 36.0 Å². The van der Waals surface area contributed by atoms with Crippen LogP contribution >= 0.6 is 11.8 Å². The van der Waals surface area contributed by atoms with E-state index < -0.39 is 17.7 Å². The molecule has 0 radical (unpaired) electrons. The van der Waals surface area contributed by atoms with Crippen molar-refractivity contribution >= 4 is 23.4 Å². The van der Waals surface area contributed by atoms with Crippen LogP contribution in [0.2, 0.25) is 0 Å². The Kier molecular flexibility index (Phi) is 6.18. The molecule has 0 spiro atoms. The number of aromatic nitrogens is 4. The zero-order valence-electron chi connectivity index (χ0n) is 17.8. The summed E-state index contributed by atoms with van der Waals surface area (Å²) in [6.07, 6.45) is 0. The Morgan fingerprint density at radius 2 is 1.91 bits per heavy atom. The predicted octanol–water partition coefficient (Wildman–Crippen LogP) is 4.80. The monoisotopic (exact) mass is 453 g/mol. The van der Waals surface area contributed by atoms with Crippen molar-refractivity contribution in [2.24, 2.45) is 0 Å². The molecule has 1 N–H and O–H groups in total. The minimum absolute atomic E-state index is 0.221. The van der Waals surface area contributed by atoms with Gasteiger partial charge in [0.2, 0.25) is 5.16 Å². The summed E-state index contributed by atoms with van der Waals surface area (Å²) in [6, 6.07) is 11.8. The second-order valence-electron chi connectivity index (χ2n) is 7.45. The first-order chi connectivity index (χ1) is 15.3. The number of carbonyl (C=O) groups excluding carboxylic acids is 1. The van der Waals surface area contributed by atoms with Gasteiger partial charge in [-0.2, -0.15) is 4.98 Å². The van der Waals surface area contributed by atoms with Gasteiger partial charge in [0.25, 0.3) is 11.7 Å². The predicted molar refractivity (Wildman–Crippen MR) is 118 cm³/mol. The number of fused-ring (bicyclic) bond motifs is 1. The number of hydrogen-bond acceptors (Lipinski definition) is 5. The van der Waals surface area contributed by atoms with Gasteiger partial charge in [0.1, 0.15) is 11.6 Å². The van der Waals surface area contributed by atoms with Crippen molar-refractivity contribution in [3.63, 3.8) is 0 Å². The highest BCUT2D eigenvalue weighted by molar-refractivity contribution is 7.98. The van der Waals surface area contributed by atoms with Crippen molar-refractivity contribution in [2.45, 2.75) is 37.7 Å². The summed E-state index contributed by atoms with van der Waals surface area (Å²) >= 11 is 1.40. The van der Waals surface area contributed by atoms with Gasteiger partial charge in [-0.25, -0.2) is 18.3 Å². The smallest absolute Gasteiger partial charge is 0.253 e. The first-order valence-corrected chi connectivity index (χ1v) is 11.0. The molecule has 9 heteroatoms. The highest BCUT2D eigenvalue weighted by Gasteiger charge is 2.18. The van der Waals surface area contributed by atoms with Crippen LogP contribution in [0.5, 0.6) is 0 Å². The normalized spacial score (nSPS) is 12.2. The minimum Gasteiger partial charge on any atom is -0.345 e. The van der Waals surface area contributed by atoms with Crippen LogP contribution in [0.3, 0.4) is 0 Å². The van der Waals surface area contributed by atoms with E-state index in [9.17, 15) is 13.6 Å². The zero-order valence-corrected chi connectivity index (χ0v) is 18.6. The van der Waals surface area contributed by atoms with E-state index in [2.05, 4.69) is 20.4 Å². The average molecular weight is 454 g/mol. The summed E-state index contributed by atoms with van der Waals surface area (Å²) in [5, 5.41) is 7.83. The van der Waals surface area contributed by atoms with E-state index in [4.69, 9.17) is 0 Å². The molecule has 2 aromatic heterocycles. The summed E-state index contributed by atoms with van der Waals surface area (Å²) in [5.74, 6) is -0.690. The van der Waals surface area contributed by atoms with E-state index >= 15 is 0 Å². The first-order valence-electron chi connectivity index (χ1n) is 9.99.